The first-order valence-electron chi connectivity index (χ1n) is 13.7. The Morgan fingerprint density at radius 1 is 1.00 bits per heavy atom. The number of nitrogens with one attached hydrogen (secondary N) is 7. The van der Waals surface area contributed by atoms with Crippen molar-refractivity contribution >= 4 is 11.9 Å². The molecule has 0 radical (unpaired) electrons. The van der Waals surface area contributed by atoms with Crippen LogP contribution >= 0.6 is 0 Å². The second kappa shape index (κ2) is 16.7. The molecule has 1 saturated carbocycles. The average molecular weight is 512 g/mol. The summed E-state index contributed by atoms with van der Waals surface area (Å²) in [5.41, 5.74) is 7.65. The van der Waals surface area contributed by atoms with Gasteiger partial charge < -0.3 is 32.0 Å². The molecule has 0 aliphatic heterocycles. The fourth-order valence-corrected chi connectivity index (χ4v) is 4.62. The normalized spacial score (nSPS) is 14.8. The minimum Gasteiger partial charge on any atom is -0.370 e. The van der Waals surface area contributed by atoms with Crippen LogP contribution in [0.1, 0.15) is 68.3 Å². The van der Waals surface area contributed by atoms with Crippen molar-refractivity contribution in [2.45, 2.75) is 83.1 Å². The monoisotopic (exact) mass is 511 g/mol. The molecule has 1 aromatic carbocycles. The summed E-state index contributed by atoms with van der Waals surface area (Å²) in [7, 11) is 0. The number of hydrogen-bond acceptors (Lipinski definition) is 6. The molecule has 204 valence electrons. The summed E-state index contributed by atoms with van der Waals surface area (Å²) in [6, 6.07) is 8.75. The standard InChI is InChI=1S/C27H45N9O/c28-27(29)34-14-4-8-24(35-20-25-32-16-17-33-25)26(37)36-19-22-11-9-21(10-12-22)18-30-13-5-15-31-23-6-2-1-3-7-23/h9-12,16-17,23-24,30-31,35H,1-8,13-15,18-20H2,(H,32,33)(H,36,37)(H4,28,29,34)/t24-/m0/s1. The molecule has 1 aliphatic rings. The molecule has 1 aliphatic carbocycles. The van der Waals surface area contributed by atoms with Crippen molar-refractivity contribution in [2.75, 3.05) is 19.6 Å². The Balaban J connectivity index is 1.33. The number of imidazole rings is 1. The van der Waals surface area contributed by atoms with Crippen molar-refractivity contribution in [1.29, 1.82) is 5.41 Å². The maximum Gasteiger partial charge on any atom is 0.237 e. The van der Waals surface area contributed by atoms with E-state index < -0.39 is 0 Å². The van der Waals surface area contributed by atoms with E-state index in [0.29, 0.717) is 32.5 Å². The van der Waals surface area contributed by atoms with Gasteiger partial charge >= 0.3 is 0 Å². The van der Waals surface area contributed by atoms with E-state index in [4.69, 9.17) is 11.1 Å². The number of H-pyrrole nitrogens is 1. The smallest absolute Gasteiger partial charge is 0.237 e. The van der Waals surface area contributed by atoms with Gasteiger partial charge in [-0.2, -0.15) is 0 Å². The van der Waals surface area contributed by atoms with Gasteiger partial charge in [0.2, 0.25) is 5.91 Å². The zero-order chi connectivity index (χ0) is 26.1. The van der Waals surface area contributed by atoms with Gasteiger partial charge in [0.25, 0.3) is 0 Å². The van der Waals surface area contributed by atoms with Crippen molar-refractivity contribution in [3.8, 4) is 0 Å². The molecular weight excluding hydrogens is 466 g/mol. The van der Waals surface area contributed by atoms with Gasteiger partial charge in [0.15, 0.2) is 5.96 Å². The van der Waals surface area contributed by atoms with E-state index in [2.05, 4.69) is 60.8 Å². The number of benzene rings is 1. The van der Waals surface area contributed by atoms with Gasteiger partial charge in [-0.25, -0.2) is 4.98 Å². The van der Waals surface area contributed by atoms with Crippen LogP contribution in [0, 0.1) is 5.41 Å². The van der Waals surface area contributed by atoms with Crippen molar-refractivity contribution in [1.82, 2.24) is 36.6 Å². The zero-order valence-corrected chi connectivity index (χ0v) is 22.0. The molecule has 1 aromatic heterocycles. The van der Waals surface area contributed by atoms with Crippen LogP contribution in [-0.4, -0.2) is 53.6 Å². The molecule has 10 nitrogen and oxygen atoms in total. The lowest BCUT2D eigenvalue weighted by Gasteiger charge is -2.22. The average Bonchev–Trinajstić information content (AvgIpc) is 3.44. The molecule has 37 heavy (non-hydrogen) atoms. The molecular formula is C27H45N9O. The van der Waals surface area contributed by atoms with Gasteiger partial charge in [0, 0.05) is 38.1 Å². The van der Waals surface area contributed by atoms with Gasteiger partial charge in [0.1, 0.15) is 5.82 Å². The van der Waals surface area contributed by atoms with Gasteiger partial charge in [-0.3, -0.25) is 15.5 Å². The summed E-state index contributed by atoms with van der Waals surface area (Å²) in [6.07, 6.45) is 12.7. The third-order valence-corrected chi connectivity index (χ3v) is 6.76. The molecule has 0 unspecified atom stereocenters. The van der Waals surface area contributed by atoms with Crippen molar-refractivity contribution in [3.63, 3.8) is 0 Å². The maximum atomic E-state index is 12.9. The first-order chi connectivity index (χ1) is 18.1. The number of nitrogens with zero attached hydrogens (tertiary/aromatic N) is 1. The second-order valence-electron chi connectivity index (χ2n) is 9.81. The Morgan fingerprint density at radius 2 is 1.76 bits per heavy atom. The van der Waals surface area contributed by atoms with E-state index in [1.807, 2.05) is 0 Å². The van der Waals surface area contributed by atoms with Crippen molar-refractivity contribution in [3.05, 3.63) is 53.6 Å². The largest absolute Gasteiger partial charge is 0.370 e. The summed E-state index contributed by atoms with van der Waals surface area (Å²) in [5.74, 6) is 0.668. The number of nitrogens with two attached hydrogens (primary N) is 1. The lowest BCUT2D eigenvalue weighted by Crippen LogP contribution is -2.44. The van der Waals surface area contributed by atoms with E-state index in [0.717, 1.165) is 43.5 Å². The highest BCUT2D eigenvalue weighted by Gasteiger charge is 2.18. The number of amides is 1. The van der Waals surface area contributed by atoms with Gasteiger partial charge in [-0.05, 0) is 56.3 Å². The number of aromatic nitrogens is 2. The topological polar surface area (TPSA) is 156 Å². The SMILES string of the molecule is N=C(N)NCCC[C@H](NCc1ncc[nH]1)C(=O)NCc1ccc(CNCCCNC2CCCCC2)cc1. The highest BCUT2D eigenvalue weighted by atomic mass is 16.2. The third kappa shape index (κ3) is 11.8. The van der Waals surface area contributed by atoms with E-state index in [1.54, 1.807) is 12.4 Å². The number of guanidine groups is 1. The third-order valence-electron chi connectivity index (χ3n) is 6.76. The number of carbonyl (C=O) groups is 1. The van der Waals surface area contributed by atoms with Crippen LogP contribution in [-0.2, 0) is 24.4 Å². The molecule has 10 heteroatoms. The second-order valence-corrected chi connectivity index (χ2v) is 9.81. The Hall–Kier alpha value is -2.95. The highest BCUT2D eigenvalue weighted by molar-refractivity contribution is 5.81. The molecule has 0 bridgehead atoms. The van der Waals surface area contributed by atoms with Crippen LogP contribution in [0.5, 0.6) is 0 Å². The van der Waals surface area contributed by atoms with Crippen LogP contribution in [0.3, 0.4) is 0 Å². The Bertz CT molecular complexity index is 895. The number of carbonyl (C=O) groups excluding carboxylic acids is 1. The summed E-state index contributed by atoms with van der Waals surface area (Å²) in [6.45, 7) is 4.44. The van der Waals surface area contributed by atoms with Gasteiger partial charge in [-0.15, -0.1) is 0 Å². The lowest BCUT2D eigenvalue weighted by atomic mass is 9.95. The predicted molar refractivity (Wildman–Crippen MR) is 148 cm³/mol. The quantitative estimate of drug-likeness (QED) is 0.0915. The summed E-state index contributed by atoms with van der Waals surface area (Å²) < 4.78 is 0. The molecule has 3 rings (SSSR count). The minimum atomic E-state index is -0.366. The lowest BCUT2D eigenvalue weighted by molar-refractivity contribution is -0.123. The summed E-state index contributed by atoms with van der Waals surface area (Å²) >= 11 is 0. The number of rotatable bonds is 17. The minimum absolute atomic E-state index is 0.0537. The predicted octanol–water partition coefficient (Wildman–Crippen LogP) is 1.85. The van der Waals surface area contributed by atoms with E-state index in [-0.39, 0.29) is 17.9 Å². The van der Waals surface area contributed by atoms with Crippen molar-refractivity contribution in [2.24, 2.45) is 5.73 Å². The van der Waals surface area contributed by atoms with Gasteiger partial charge in [0.05, 0.1) is 12.6 Å². The molecule has 0 saturated heterocycles. The van der Waals surface area contributed by atoms with Crippen LogP contribution in [0.4, 0.5) is 0 Å². The summed E-state index contributed by atoms with van der Waals surface area (Å²) in [5, 5.41) is 23.6. The molecule has 0 spiro atoms. The van der Waals surface area contributed by atoms with E-state index in [1.165, 1.54) is 37.7 Å². The Kier molecular flexibility index (Phi) is 12.9. The van der Waals surface area contributed by atoms with E-state index in [9.17, 15) is 4.79 Å². The molecule has 9 N–H and O–H groups in total. The molecule has 1 amide bonds. The van der Waals surface area contributed by atoms with Crippen LogP contribution < -0.4 is 32.3 Å². The molecule has 1 heterocycles. The first kappa shape index (κ1) is 28.6. The fourth-order valence-electron chi connectivity index (χ4n) is 4.62. The Labute approximate surface area is 220 Å². The first-order valence-corrected chi connectivity index (χ1v) is 13.7. The maximum absolute atomic E-state index is 12.9. The molecule has 1 atom stereocenters. The zero-order valence-electron chi connectivity index (χ0n) is 22.0. The fraction of sp³-hybridized carbons (Fsp3) is 0.593. The molecule has 1 fully saturated rings. The van der Waals surface area contributed by atoms with Crippen molar-refractivity contribution < 1.29 is 4.79 Å². The summed E-state index contributed by atoms with van der Waals surface area (Å²) in [4.78, 5) is 20.1. The van der Waals surface area contributed by atoms with E-state index >= 15 is 0 Å². The molecule has 2 aromatic rings. The Morgan fingerprint density at radius 3 is 2.46 bits per heavy atom. The van der Waals surface area contributed by atoms with Crippen LogP contribution in [0.2, 0.25) is 0 Å². The van der Waals surface area contributed by atoms with Gasteiger partial charge in [-0.1, -0.05) is 43.5 Å². The number of aromatic amines is 1. The van der Waals surface area contributed by atoms with Crippen LogP contribution in [0.15, 0.2) is 36.7 Å². The number of hydrogen-bond donors (Lipinski definition) is 8. The highest BCUT2D eigenvalue weighted by Crippen LogP contribution is 2.17. The van der Waals surface area contributed by atoms with Crippen LogP contribution in [0.25, 0.3) is 0 Å².